The Bertz CT molecular complexity index is 1090. The molecule has 2 aromatic rings. The van der Waals surface area contributed by atoms with Crippen molar-refractivity contribution in [2.75, 3.05) is 39.9 Å². The Morgan fingerprint density at radius 1 is 1.00 bits per heavy atom. The molecule has 0 radical (unpaired) electrons. The Labute approximate surface area is 205 Å². The Morgan fingerprint density at radius 3 is 2.43 bits per heavy atom. The number of nitrogens with zero attached hydrogens (tertiary/aromatic N) is 2. The quantitative estimate of drug-likeness (QED) is 0.442. The van der Waals surface area contributed by atoms with E-state index in [2.05, 4.69) is 5.32 Å². The number of amides is 4. The maximum absolute atomic E-state index is 13.1. The molecule has 0 aliphatic carbocycles. The lowest BCUT2D eigenvalue weighted by Crippen LogP contribution is -2.43. The molecule has 4 amide bonds. The fraction of sp³-hybridized carbons (Fsp3) is 0.407. The van der Waals surface area contributed by atoms with Gasteiger partial charge in [-0.05, 0) is 49.4 Å². The van der Waals surface area contributed by atoms with Crippen molar-refractivity contribution in [3.05, 3.63) is 70.8 Å². The molecule has 184 valence electrons. The first-order valence-electron chi connectivity index (χ1n) is 12.1. The molecule has 1 fully saturated rings. The molecule has 8 nitrogen and oxygen atoms in total. The minimum absolute atomic E-state index is 0.0189. The summed E-state index contributed by atoms with van der Waals surface area (Å²) in [7, 11) is 1.63. The zero-order valence-electron chi connectivity index (χ0n) is 20.0. The average Bonchev–Trinajstić information content (AvgIpc) is 3.14. The third kappa shape index (κ3) is 5.59. The van der Waals surface area contributed by atoms with Gasteiger partial charge in [0.1, 0.15) is 0 Å². The molecule has 8 heteroatoms. The molecule has 0 unspecified atom stereocenters. The summed E-state index contributed by atoms with van der Waals surface area (Å²) in [5.41, 5.74) is 2.05. The van der Waals surface area contributed by atoms with Crippen LogP contribution in [0.3, 0.4) is 0 Å². The van der Waals surface area contributed by atoms with Crippen molar-refractivity contribution in [1.82, 2.24) is 15.1 Å². The lowest BCUT2D eigenvalue weighted by atomic mass is 9.95. The summed E-state index contributed by atoms with van der Waals surface area (Å²) in [6.45, 7) is 2.42. The van der Waals surface area contributed by atoms with Crippen molar-refractivity contribution < 1.29 is 23.9 Å². The van der Waals surface area contributed by atoms with Crippen molar-refractivity contribution >= 4 is 23.6 Å². The standard InChI is InChI=1S/C27H31N3O5/c1-35-17-5-13-28-24(31)20-11-14-29(15-12-20)25(32)21-8-9-22-23(18-21)27(34)30(26(22)33)16-10-19-6-3-2-4-7-19/h2-4,6-9,18,20H,5,10-17H2,1H3,(H,28,31). The van der Waals surface area contributed by atoms with Crippen LogP contribution < -0.4 is 5.32 Å². The van der Waals surface area contributed by atoms with Gasteiger partial charge in [0.25, 0.3) is 17.7 Å². The number of fused-ring (bicyclic) bond motifs is 1. The largest absolute Gasteiger partial charge is 0.385 e. The van der Waals surface area contributed by atoms with Gasteiger partial charge in [-0.15, -0.1) is 0 Å². The van der Waals surface area contributed by atoms with Crippen molar-refractivity contribution in [3.8, 4) is 0 Å². The lowest BCUT2D eigenvalue weighted by molar-refractivity contribution is -0.126. The van der Waals surface area contributed by atoms with E-state index in [4.69, 9.17) is 4.74 Å². The second kappa shape index (κ2) is 11.3. The number of benzene rings is 2. The van der Waals surface area contributed by atoms with E-state index in [1.54, 1.807) is 24.1 Å². The molecule has 0 saturated carbocycles. The molecule has 0 aromatic heterocycles. The van der Waals surface area contributed by atoms with E-state index in [0.29, 0.717) is 63.2 Å². The first kappa shape index (κ1) is 24.6. The fourth-order valence-electron chi connectivity index (χ4n) is 4.61. The Morgan fingerprint density at radius 2 is 1.71 bits per heavy atom. The number of hydrogen-bond acceptors (Lipinski definition) is 5. The Kier molecular flexibility index (Phi) is 7.92. The number of rotatable bonds is 9. The van der Waals surface area contributed by atoms with Crippen molar-refractivity contribution in [1.29, 1.82) is 0 Å². The van der Waals surface area contributed by atoms with Crippen LogP contribution in [-0.2, 0) is 16.0 Å². The summed E-state index contributed by atoms with van der Waals surface area (Å²) in [5.74, 6) is -0.962. The second-order valence-electron chi connectivity index (χ2n) is 8.96. The van der Waals surface area contributed by atoms with Gasteiger partial charge >= 0.3 is 0 Å². The first-order chi connectivity index (χ1) is 17.0. The maximum Gasteiger partial charge on any atom is 0.261 e. The van der Waals surface area contributed by atoms with Gasteiger partial charge in [0, 0.05) is 51.4 Å². The highest BCUT2D eigenvalue weighted by Crippen LogP contribution is 2.26. The molecule has 4 rings (SSSR count). The van der Waals surface area contributed by atoms with Crippen molar-refractivity contribution in [2.45, 2.75) is 25.7 Å². The highest BCUT2D eigenvalue weighted by Gasteiger charge is 2.36. The Balaban J connectivity index is 1.34. The van der Waals surface area contributed by atoms with Gasteiger partial charge in [-0.1, -0.05) is 30.3 Å². The number of carbonyl (C=O) groups is 4. The van der Waals surface area contributed by atoms with Gasteiger partial charge in [0.15, 0.2) is 0 Å². The molecule has 0 atom stereocenters. The smallest absolute Gasteiger partial charge is 0.261 e. The normalized spacial score (nSPS) is 15.9. The summed E-state index contributed by atoms with van der Waals surface area (Å²) in [4.78, 5) is 54.2. The summed E-state index contributed by atoms with van der Waals surface area (Å²) in [6.07, 6.45) is 2.53. The molecule has 2 aromatic carbocycles. The predicted molar refractivity (Wildman–Crippen MR) is 130 cm³/mol. The third-order valence-electron chi connectivity index (χ3n) is 6.66. The van der Waals surface area contributed by atoms with Crippen LogP contribution in [0.4, 0.5) is 0 Å². The first-order valence-corrected chi connectivity index (χ1v) is 12.1. The molecule has 1 N–H and O–H groups in total. The van der Waals surface area contributed by atoms with E-state index < -0.39 is 0 Å². The molecule has 2 aliphatic heterocycles. The molecule has 0 spiro atoms. The summed E-state index contributed by atoms with van der Waals surface area (Å²) in [6, 6.07) is 14.4. The average molecular weight is 478 g/mol. The van der Waals surface area contributed by atoms with Gasteiger partial charge in [-0.25, -0.2) is 0 Å². The number of nitrogens with one attached hydrogen (secondary N) is 1. The fourth-order valence-corrected chi connectivity index (χ4v) is 4.61. The molecule has 1 saturated heterocycles. The van der Waals surface area contributed by atoms with Gasteiger partial charge in [-0.2, -0.15) is 0 Å². The zero-order valence-corrected chi connectivity index (χ0v) is 20.0. The SMILES string of the molecule is COCCCNC(=O)C1CCN(C(=O)c2ccc3c(c2)C(=O)N(CCc2ccccc2)C3=O)CC1. The minimum atomic E-state index is -0.362. The summed E-state index contributed by atoms with van der Waals surface area (Å²) in [5, 5.41) is 2.93. The predicted octanol–water partition coefficient (Wildman–Crippen LogP) is 2.53. The zero-order chi connectivity index (χ0) is 24.8. The van der Waals surface area contributed by atoms with Crippen LogP contribution in [-0.4, -0.2) is 73.3 Å². The lowest BCUT2D eigenvalue weighted by Gasteiger charge is -2.31. The van der Waals surface area contributed by atoms with Crippen LogP contribution in [0, 0.1) is 5.92 Å². The number of carbonyl (C=O) groups excluding carboxylic acids is 4. The topological polar surface area (TPSA) is 96.0 Å². The van der Waals surface area contributed by atoms with Crippen LogP contribution in [0.25, 0.3) is 0 Å². The number of piperidine rings is 1. The molecular weight excluding hydrogens is 446 g/mol. The molecule has 0 bridgehead atoms. The van der Waals surface area contributed by atoms with Crippen LogP contribution in [0.2, 0.25) is 0 Å². The molecule has 2 aliphatic rings. The number of likely N-dealkylation sites (tertiary alicyclic amines) is 1. The van der Waals surface area contributed by atoms with Crippen LogP contribution in [0.5, 0.6) is 0 Å². The Hall–Kier alpha value is -3.52. The molecule has 35 heavy (non-hydrogen) atoms. The second-order valence-corrected chi connectivity index (χ2v) is 8.96. The van der Waals surface area contributed by atoms with Crippen LogP contribution >= 0.6 is 0 Å². The highest BCUT2D eigenvalue weighted by molar-refractivity contribution is 6.22. The van der Waals surface area contributed by atoms with E-state index in [0.717, 1.165) is 12.0 Å². The molecule has 2 heterocycles. The molecular formula is C27H31N3O5. The minimum Gasteiger partial charge on any atom is -0.385 e. The summed E-state index contributed by atoms with van der Waals surface area (Å²) < 4.78 is 4.99. The number of ether oxygens (including phenoxy) is 1. The monoisotopic (exact) mass is 477 g/mol. The number of hydrogen-bond donors (Lipinski definition) is 1. The van der Waals surface area contributed by atoms with Gasteiger partial charge in [0.2, 0.25) is 5.91 Å². The van der Waals surface area contributed by atoms with E-state index in [-0.39, 0.29) is 35.1 Å². The van der Waals surface area contributed by atoms with Crippen LogP contribution in [0.1, 0.15) is 55.9 Å². The van der Waals surface area contributed by atoms with E-state index >= 15 is 0 Å². The van der Waals surface area contributed by atoms with E-state index in [9.17, 15) is 19.2 Å². The van der Waals surface area contributed by atoms with Crippen LogP contribution in [0.15, 0.2) is 48.5 Å². The van der Waals surface area contributed by atoms with Crippen molar-refractivity contribution in [3.63, 3.8) is 0 Å². The van der Waals surface area contributed by atoms with Crippen molar-refractivity contribution in [2.24, 2.45) is 5.92 Å². The maximum atomic E-state index is 13.1. The number of imide groups is 1. The van der Waals surface area contributed by atoms with Gasteiger partial charge in [-0.3, -0.25) is 24.1 Å². The summed E-state index contributed by atoms with van der Waals surface area (Å²) >= 11 is 0. The van der Waals surface area contributed by atoms with E-state index in [1.807, 2.05) is 30.3 Å². The van der Waals surface area contributed by atoms with Gasteiger partial charge in [0.05, 0.1) is 11.1 Å². The van der Waals surface area contributed by atoms with E-state index in [1.165, 1.54) is 11.0 Å². The number of methoxy groups -OCH3 is 1. The van der Waals surface area contributed by atoms with Gasteiger partial charge < -0.3 is 15.0 Å². The highest BCUT2D eigenvalue weighted by atomic mass is 16.5. The third-order valence-corrected chi connectivity index (χ3v) is 6.66.